The summed E-state index contributed by atoms with van der Waals surface area (Å²) >= 11 is 0. The Kier molecular flexibility index (Phi) is 2.67. The summed E-state index contributed by atoms with van der Waals surface area (Å²) in [4.78, 5) is 4.17. The van der Waals surface area contributed by atoms with Gasteiger partial charge in [-0.15, -0.1) is 0 Å². The highest BCUT2D eigenvalue weighted by atomic mass is 19.1. The summed E-state index contributed by atoms with van der Waals surface area (Å²) in [5.74, 6) is 0.314. The minimum Gasteiger partial charge on any atom is -0.383 e. The molecule has 0 aliphatic rings. The van der Waals surface area contributed by atoms with E-state index in [0.717, 1.165) is 22.1 Å². The number of rotatable bonds is 1. The van der Waals surface area contributed by atoms with Gasteiger partial charge in [0.2, 0.25) is 0 Å². The molecule has 0 unspecified atom stereocenters. The van der Waals surface area contributed by atoms with Gasteiger partial charge >= 0.3 is 0 Å². The van der Waals surface area contributed by atoms with Gasteiger partial charge in [0.1, 0.15) is 11.6 Å². The molecule has 3 heteroatoms. The molecular formula is C16H13FN2. The van der Waals surface area contributed by atoms with Crippen molar-refractivity contribution >= 4 is 16.6 Å². The molecule has 1 aromatic heterocycles. The fourth-order valence-electron chi connectivity index (χ4n) is 2.25. The van der Waals surface area contributed by atoms with Crippen molar-refractivity contribution in [2.45, 2.75) is 6.92 Å². The van der Waals surface area contributed by atoms with Crippen molar-refractivity contribution in [2.75, 3.05) is 5.73 Å². The van der Waals surface area contributed by atoms with Gasteiger partial charge in [0.05, 0.1) is 0 Å². The van der Waals surface area contributed by atoms with Crippen LogP contribution in [0.4, 0.5) is 10.2 Å². The van der Waals surface area contributed by atoms with Crippen LogP contribution >= 0.6 is 0 Å². The zero-order valence-electron chi connectivity index (χ0n) is 10.5. The summed E-state index contributed by atoms with van der Waals surface area (Å²) in [6.45, 7) is 1.91. The van der Waals surface area contributed by atoms with Crippen LogP contribution in [-0.4, -0.2) is 4.98 Å². The Morgan fingerprint density at radius 3 is 2.53 bits per heavy atom. The van der Waals surface area contributed by atoms with Crippen LogP contribution in [0.2, 0.25) is 0 Å². The number of hydrogen-bond donors (Lipinski definition) is 1. The maximum Gasteiger partial charge on any atom is 0.131 e. The average Bonchev–Trinajstić information content (AvgIpc) is 2.43. The molecule has 0 amide bonds. The van der Waals surface area contributed by atoms with E-state index in [2.05, 4.69) is 4.98 Å². The maximum atomic E-state index is 13.8. The molecule has 94 valence electrons. The van der Waals surface area contributed by atoms with Crippen molar-refractivity contribution in [3.63, 3.8) is 0 Å². The van der Waals surface area contributed by atoms with Gasteiger partial charge in [-0.05, 0) is 35.6 Å². The first-order valence-corrected chi connectivity index (χ1v) is 6.06. The van der Waals surface area contributed by atoms with Crippen LogP contribution < -0.4 is 5.73 Å². The molecule has 3 aromatic rings. The fraction of sp³-hybridized carbons (Fsp3) is 0.0625. The number of anilines is 1. The topological polar surface area (TPSA) is 38.9 Å². The van der Waals surface area contributed by atoms with Gasteiger partial charge in [0, 0.05) is 17.1 Å². The van der Waals surface area contributed by atoms with Crippen LogP contribution in [0.3, 0.4) is 0 Å². The lowest BCUT2D eigenvalue weighted by Gasteiger charge is -2.09. The highest BCUT2D eigenvalue weighted by Gasteiger charge is 2.08. The number of pyridine rings is 1. The Morgan fingerprint density at radius 1 is 1.05 bits per heavy atom. The summed E-state index contributed by atoms with van der Waals surface area (Å²) in [5, 5.41) is 1.50. The van der Waals surface area contributed by atoms with E-state index in [4.69, 9.17) is 5.73 Å². The Balaban J connectivity index is 2.31. The van der Waals surface area contributed by atoms with E-state index in [9.17, 15) is 4.39 Å². The maximum absolute atomic E-state index is 13.8. The predicted octanol–water partition coefficient (Wildman–Crippen LogP) is 3.93. The molecule has 19 heavy (non-hydrogen) atoms. The highest BCUT2D eigenvalue weighted by molar-refractivity contribution is 5.97. The average molecular weight is 252 g/mol. The first-order valence-electron chi connectivity index (χ1n) is 6.06. The van der Waals surface area contributed by atoms with Crippen molar-refractivity contribution in [1.29, 1.82) is 0 Å². The molecule has 0 saturated heterocycles. The SMILES string of the molecule is Cc1cc(-c2ccc(F)c3ccccc23)cnc1N. The van der Waals surface area contributed by atoms with Gasteiger partial charge in [0.15, 0.2) is 0 Å². The zero-order chi connectivity index (χ0) is 13.4. The predicted molar refractivity (Wildman–Crippen MR) is 76.3 cm³/mol. The highest BCUT2D eigenvalue weighted by Crippen LogP contribution is 2.30. The van der Waals surface area contributed by atoms with Crippen molar-refractivity contribution in [3.05, 3.63) is 60.0 Å². The number of nitrogen functional groups attached to an aromatic ring is 1. The molecule has 0 aliphatic heterocycles. The number of hydrogen-bond acceptors (Lipinski definition) is 2. The van der Waals surface area contributed by atoms with Gasteiger partial charge in [-0.3, -0.25) is 0 Å². The summed E-state index contributed by atoms with van der Waals surface area (Å²) in [6, 6.07) is 12.7. The Morgan fingerprint density at radius 2 is 1.79 bits per heavy atom. The van der Waals surface area contributed by atoms with Crippen LogP contribution in [0.25, 0.3) is 21.9 Å². The smallest absolute Gasteiger partial charge is 0.131 e. The van der Waals surface area contributed by atoms with E-state index in [0.29, 0.717) is 11.2 Å². The van der Waals surface area contributed by atoms with Crippen LogP contribution in [0.15, 0.2) is 48.7 Å². The fourth-order valence-corrected chi connectivity index (χ4v) is 2.25. The Labute approximate surface area is 110 Å². The Bertz CT molecular complexity index is 766. The van der Waals surface area contributed by atoms with Gasteiger partial charge in [-0.25, -0.2) is 9.37 Å². The molecule has 2 nitrogen and oxygen atoms in total. The number of aromatic nitrogens is 1. The molecule has 0 aliphatic carbocycles. The molecule has 1 heterocycles. The quantitative estimate of drug-likeness (QED) is 0.712. The van der Waals surface area contributed by atoms with E-state index in [-0.39, 0.29) is 5.82 Å². The van der Waals surface area contributed by atoms with Gasteiger partial charge < -0.3 is 5.73 Å². The minimum atomic E-state index is -0.209. The van der Waals surface area contributed by atoms with Crippen LogP contribution in [-0.2, 0) is 0 Å². The molecule has 0 spiro atoms. The van der Waals surface area contributed by atoms with E-state index in [1.807, 2.05) is 31.2 Å². The molecule has 0 bridgehead atoms. The zero-order valence-corrected chi connectivity index (χ0v) is 10.5. The summed E-state index contributed by atoms with van der Waals surface area (Å²) < 4.78 is 13.8. The second-order valence-electron chi connectivity index (χ2n) is 4.57. The lowest BCUT2D eigenvalue weighted by Crippen LogP contribution is -1.94. The third-order valence-corrected chi connectivity index (χ3v) is 3.30. The van der Waals surface area contributed by atoms with Gasteiger partial charge in [0.25, 0.3) is 0 Å². The second-order valence-corrected chi connectivity index (χ2v) is 4.57. The van der Waals surface area contributed by atoms with Crippen molar-refractivity contribution in [1.82, 2.24) is 4.98 Å². The molecule has 0 saturated carbocycles. The number of fused-ring (bicyclic) bond motifs is 1. The third kappa shape index (κ3) is 1.93. The normalized spacial score (nSPS) is 10.8. The van der Waals surface area contributed by atoms with Crippen LogP contribution in [0, 0.1) is 12.7 Å². The number of halogens is 1. The summed E-state index contributed by atoms with van der Waals surface area (Å²) in [5.41, 5.74) is 8.57. The van der Waals surface area contributed by atoms with Crippen LogP contribution in [0.1, 0.15) is 5.56 Å². The standard InChI is InChI=1S/C16H13FN2/c1-10-8-11(9-19-16(10)18)12-6-7-15(17)14-5-3-2-4-13(12)14/h2-9H,1H3,(H2,18,19). The lowest BCUT2D eigenvalue weighted by molar-refractivity contribution is 0.640. The molecule has 2 aromatic carbocycles. The number of benzene rings is 2. The first kappa shape index (κ1) is 11.7. The van der Waals surface area contributed by atoms with Gasteiger partial charge in [-0.1, -0.05) is 30.3 Å². The number of nitrogens with zero attached hydrogens (tertiary/aromatic N) is 1. The largest absolute Gasteiger partial charge is 0.383 e. The van der Waals surface area contributed by atoms with Crippen molar-refractivity contribution in [3.8, 4) is 11.1 Å². The lowest BCUT2D eigenvalue weighted by atomic mass is 9.98. The molecular weight excluding hydrogens is 239 g/mol. The summed E-state index contributed by atoms with van der Waals surface area (Å²) in [6.07, 6.45) is 1.72. The number of nitrogens with two attached hydrogens (primary N) is 1. The number of aryl methyl sites for hydroxylation is 1. The summed E-state index contributed by atoms with van der Waals surface area (Å²) in [7, 11) is 0. The molecule has 0 radical (unpaired) electrons. The molecule has 0 fully saturated rings. The first-order chi connectivity index (χ1) is 9.16. The van der Waals surface area contributed by atoms with Crippen molar-refractivity contribution < 1.29 is 4.39 Å². The van der Waals surface area contributed by atoms with E-state index in [1.54, 1.807) is 18.3 Å². The van der Waals surface area contributed by atoms with Crippen molar-refractivity contribution in [2.24, 2.45) is 0 Å². The third-order valence-electron chi connectivity index (χ3n) is 3.30. The molecule has 0 atom stereocenters. The minimum absolute atomic E-state index is 0.209. The Hall–Kier alpha value is -2.42. The van der Waals surface area contributed by atoms with Gasteiger partial charge in [-0.2, -0.15) is 0 Å². The molecule has 3 rings (SSSR count). The van der Waals surface area contributed by atoms with E-state index in [1.165, 1.54) is 6.07 Å². The van der Waals surface area contributed by atoms with E-state index < -0.39 is 0 Å². The monoisotopic (exact) mass is 252 g/mol. The van der Waals surface area contributed by atoms with Crippen LogP contribution in [0.5, 0.6) is 0 Å². The van der Waals surface area contributed by atoms with E-state index >= 15 is 0 Å². The molecule has 2 N–H and O–H groups in total. The second kappa shape index (κ2) is 4.35.